The van der Waals surface area contributed by atoms with Gasteiger partial charge < -0.3 is 4.42 Å². The molecule has 0 spiro atoms. The molecule has 1 aromatic rings. The Bertz CT molecular complexity index is 409. The van der Waals surface area contributed by atoms with Crippen LogP contribution in [0.1, 0.15) is 18.1 Å². The molecule has 2 bridgehead atoms. The van der Waals surface area contributed by atoms with Gasteiger partial charge in [0.1, 0.15) is 5.76 Å². The molecule has 2 aliphatic carbocycles. The number of nitrogens with zero attached hydrogens (tertiary/aromatic N) is 1. The Morgan fingerprint density at radius 1 is 1.40 bits per heavy atom. The van der Waals surface area contributed by atoms with Gasteiger partial charge in [0.15, 0.2) is 0 Å². The summed E-state index contributed by atoms with van der Waals surface area (Å²) >= 11 is 0. The minimum atomic E-state index is -0.494. The molecule has 0 N–H and O–H groups in total. The highest BCUT2D eigenvalue weighted by molar-refractivity contribution is 5.24. The SMILES string of the molecule is O=[N+]([O-])C1C2C=CC(C2)[C@H]1c1ccco1. The van der Waals surface area contributed by atoms with Crippen LogP contribution in [0.15, 0.2) is 35.0 Å². The molecule has 4 heteroatoms. The zero-order valence-electron chi connectivity index (χ0n) is 8.08. The van der Waals surface area contributed by atoms with E-state index in [2.05, 4.69) is 6.08 Å². The lowest BCUT2D eigenvalue weighted by Gasteiger charge is -2.19. The van der Waals surface area contributed by atoms with Crippen molar-refractivity contribution in [2.75, 3.05) is 0 Å². The molecular weight excluding hydrogens is 194 g/mol. The minimum Gasteiger partial charge on any atom is -0.469 e. The highest BCUT2D eigenvalue weighted by Gasteiger charge is 2.53. The van der Waals surface area contributed by atoms with Crippen molar-refractivity contribution in [1.29, 1.82) is 0 Å². The number of hydrogen-bond acceptors (Lipinski definition) is 3. The number of furan rings is 1. The van der Waals surface area contributed by atoms with Crippen LogP contribution in [0.5, 0.6) is 0 Å². The summed E-state index contributed by atoms with van der Waals surface area (Å²) in [5.41, 5.74) is 0. The maximum Gasteiger partial charge on any atom is 0.229 e. The smallest absolute Gasteiger partial charge is 0.229 e. The maximum absolute atomic E-state index is 11.0. The first-order valence-corrected chi connectivity index (χ1v) is 5.12. The van der Waals surface area contributed by atoms with Gasteiger partial charge in [0.25, 0.3) is 0 Å². The third-order valence-corrected chi connectivity index (χ3v) is 3.53. The third kappa shape index (κ3) is 1.14. The van der Waals surface area contributed by atoms with Crippen molar-refractivity contribution < 1.29 is 9.34 Å². The van der Waals surface area contributed by atoms with E-state index in [4.69, 9.17) is 4.42 Å². The van der Waals surface area contributed by atoms with Gasteiger partial charge >= 0.3 is 0 Å². The number of rotatable bonds is 2. The summed E-state index contributed by atoms with van der Waals surface area (Å²) < 4.78 is 5.31. The number of fused-ring (bicyclic) bond motifs is 2. The van der Waals surface area contributed by atoms with Crippen molar-refractivity contribution >= 4 is 0 Å². The molecule has 1 heterocycles. The van der Waals surface area contributed by atoms with Crippen molar-refractivity contribution in [3.8, 4) is 0 Å². The fourth-order valence-electron chi connectivity index (χ4n) is 2.94. The Kier molecular flexibility index (Phi) is 1.71. The Labute approximate surface area is 86.7 Å². The molecule has 0 amide bonds. The van der Waals surface area contributed by atoms with Crippen LogP contribution < -0.4 is 0 Å². The molecule has 1 aromatic heterocycles. The van der Waals surface area contributed by atoms with Gasteiger partial charge in [-0.2, -0.15) is 0 Å². The lowest BCUT2D eigenvalue weighted by molar-refractivity contribution is -0.530. The second kappa shape index (κ2) is 2.95. The number of hydrogen-bond donors (Lipinski definition) is 0. The highest BCUT2D eigenvalue weighted by atomic mass is 16.6. The van der Waals surface area contributed by atoms with Crippen LogP contribution in [0.25, 0.3) is 0 Å². The van der Waals surface area contributed by atoms with Gasteiger partial charge in [0.05, 0.1) is 12.2 Å². The molecule has 0 aromatic carbocycles. The predicted molar refractivity (Wildman–Crippen MR) is 53.0 cm³/mol. The summed E-state index contributed by atoms with van der Waals surface area (Å²) in [6.45, 7) is 0. The normalized spacial score (nSPS) is 37.3. The fraction of sp³-hybridized carbons (Fsp3) is 0.455. The lowest BCUT2D eigenvalue weighted by atomic mass is 9.87. The Hall–Kier alpha value is -1.58. The molecule has 0 aliphatic heterocycles. The predicted octanol–water partition coefficient (Wildman–Crippen LogP) is 2.21. The highest BCUT2D eigenvalue weighted by Crippen LogP contribution is 2.50. The molecule has 3 unspecified atom stereocenters. The van der Waals surface area contributed by atoms with Crippen molar-refractivity contribution in [3.63, 3.8) is 0 Å². The molecular formula is C11H11NO3. The minimum absolute atomic E-state index is 0.0648. The average molecular weight is 205 g/mol. The van der Waals surface area contributed by atoms with Gasteiger partial charge in [-0.3, -0.25) is 10.1 Å². The van der Waals surface area contributed by atoms with E-state index in [0.717, 1.165) is 12.2 Å². The van der Waals surface area contributed by atoms with Crippen molar-refractivity contribution in [3.05, 3.63) is 46.4 Å². The van der Waals surface area contributed by atoms with Gasteiger partial charge in [-0.25, -0.2) is 0 Å². The monoisotopic (exact) mass is 205 g/mol. The van der Waals surface area contributed by atoms with Crippen LogP contribution in [-0.2, 0) is 0 Å². The van der Waals surface area contributed by atoms with E-state index in [0.29, 0.717) is 0 Å². The van der Waals surface area contributed by atoms with Crippen LogP contribution in [0, 0.1) is 22.0 Å². The first kappa shape index (κ1) is 8.71. The Morgan fingerprint density at radius 3 is 2.87 bits per heavy atom. The van der Waals surface area contributed by atoms with E-state index in [-0.39, 0.29) is 22.7 Å². The van der Waals surface area contributed by atoms with E-state index >= 15 is 0 Å². The lowest BCUT2D eigenvalue weighted by Crippen LogP contribution is -2.31. The molecule has 3 rings (SSSR count). The standard InChI is InChI=1S/C11H11NO3/c13-12(14)11-8-4-3-7(6-8)10(11)9-2-1-5-15-9/h1-5,7-8,10-11H,6H2/t7?,8?,10-,11?/m0/s1. The van der Waals surface area contributed by atoms with Gasteiger partial charge in [-0.05, 0) is 24.5 Å². The van der Waals surface area contributed by atoms with E-state index in [9.17, 15) is 10.1 Å². The second-order valence-corrected chi connectivity index (χ2v) is 4.27. The summed E-state index contributed by atoms with van der Waals surface area (Å²) in [5, 5.41) is 11.0. The van der Waals surface area contributed by atoms with Crippen LogP contribution >= 0.6 is 0 Å². The summed E-state index contributed by atoms with van der Waals surface area (Å²) in [6, 6.07) is 3.14. The first-order chi connectivity index (χ1) is 7.27. The second-order valence-electron chi connectivity index (χ2n) is 4.27. The zero-order valence-corrected chi connectivity index (χ0v) is 8.08. The van der Waals surface area contributed by atoms with Crippen molar-refractivity contribution in [2.45, 2.75) is 18.4 Å². The molecule has 0 saturated heterocycles. The fourth-order valence-corrected chi connectivity index (χ4v) is 2.94. The third-order valence-electron chi connectivity index (χ3n) is 3.53. The molecule has 1 fully saturated rings. The average Bonchev–Trinajstić information content (AvgIpc) is 2.92. The van der Waals surface area contributed by atoms with E-state index in [1.54, 1.807) is 12.3 Å². The summed E-state index contributed by atoms with van der Waals surface area (Å²) in [4.78, 5) is 10.9. The van der Waals surface area contributed by atoms with Crippen LogP contribution in [0.2, 0.25) is 0 Å². The van der Waals surface area contributed by atoms with Crippen molar-refractivity contribution in [2.24, 2.45) is 11.8 Å². The first-order valence-electron chi connectivity index (χ1n) is 5.12. The largest absolute Gasteiger partial charge is 0.469 e. The molecule has 0 radical (unpaired) electrons. The summed E-state index contributed by atoms with van der Waals surface area (Å²) in [6.07, 6.45) is 6.56. The maximum atomic E-state index is 11.0. The van der Waals surface area contributed by atoms with Gasteiger partial charge in [0, 0.05) is 10.8 Å². The molecule has 4 atom stereocenters. The molecule has 15 heavy (non-hydrogen) atoms. The van der Waals surface area contributed by atoms with Crippen LogP contribution in [-0.4, -0.2) is 11.0 Å². The number of nitro groups is 1. The van der Waals surface area contributed by atoms with Crippen molar-refractivity contribution in [1.82, 2.24) is 0 Å². The van der Waals surface area contributed by atoms with Crippen LogP contribution in [0.3, 0.4) is 0 Å². The Balaban J connectivity index is 2.00. The Morgan fingerprint density at radius 2 is 2.20 bits per heavy atom. The van der Waals surface area contributed by atoms with Crippen LogP contribution in [0.4, 0.5) is 0 Å². The molecule has 78 valence electrons. The number of allylic oxidation sites excluding steroid dienone is 1. The van der Waals surface area contributed by atoms with Gasteiger partial charge in [0.2, 0.25) is 6.04 Å². The zero-order chi connectivity index (χ0) is 10.4. The summed E-state index contributed by atoms with van der Waals surface area (Å²) in [5.74, 6) is 1.08. The quantitative estimate of drug-likeness (QED) is 0.422. The van der Waals surface area contributed by atoms with Gasteiger partial charge in [-0.1, -0.05) is 12.2 Å². The van der Waals surface area contributed by atoms with E-state index < -0.39 is 6.04 Å². The molecule has 2 aliphatic rings. The summed E-state index contributed by atoms with van der Waals surface area (Å²) in [7, 11) is 0. The molecule has 1 saturated carbocycles. The van der Waals surface area contributed by atoms with Gasteiger partial charge in [-0.15, -0.1) is 0 Å². The van der Waals surface area contributed by atoms with E-state index in [1.807, 2.05) is 12.1 Å². The topological polar surface area (TPSA) is 56.3 Å². The molecule has 4 nitrogen and oxygen atoms in total. The van der Waals surface area contributed by atoms with E-state index in [1.165, 1.54) is 0 Å².